The maximum atomic E-state index is 14.6. The zero-order valence-corrected chi connectivity index (χ0v) is 13.7. The third-order valence-electron chi connectivity index (χ3n) is 3.92. The highest BCUT2D eigenvalue weighted by molar-refractivity contribution is 6.30. The van der Waals surface area contributed by atoms with Crippen LogP contribution in [0.2, 0.25) is 5.02 Å². The molecule has 0 bridgehead atoms. The van der Waals surface area contributed by atoms with Gasteiger partial charge >= 0.3 is 5.69 Å². The summed E-state index contributed by atoms with van der Waals surface area (Å²) in [4.78, 5) is 32.7. The zero-order chi connectivity index (χ0) is 17.7. The molecule has 0 fully saturated rings. The quantitative estimate of drug-likeness (QED) is 0.491. The fraction of sp³-hybridized carbons (Fsp3) is 0.0588. The van der Waals surface area contributed by atoms with Crippen LogP contribution in [0, 0.1) is 5.82 Å². The lowest BCUT2D eigenvalue weighted by molar-refractivity contribution is 0.618. The number of para-hydroxylation sites is 2. The van der Waals surface area contributed by atoms with Crippen molar-refractivity contribution in [1.29, 1.82) is 0 Å². The highest BCUT2D eigenvalue weighted by atomic mass is 35.5. The average Bonchev–Trinajstić information content (AvgIpc) is 2.59. The predicted molar refractivity (Wildman–Crippen MR) is 92.0 cm³/mol. The second-order valence-corrected chi connectivity index (χ2v) is 5.90. The van der Waals surface area contributed by atoms with E-state index in [4.69, 9.17) is 11.6 Å². The van der Waals surface area contributed by atoms with E-state index in [0.29, 0.717) is 11.0 Å². The molecule has 6 nitrogen and oxygen atoms in total. The molecule has 0 aromatic heterocycles. The molecular weight excluding hydrogens is 347 g/mol. The van der Waals surface area contributed by atoms with E-state index >= 15 is 0 Å². The van der Waals surface area contributed by atoms with E-state index in [9.17, 15) is 14.0 Å². The first-order valence-corrected chi connectivity index (χ1v) is 7.69. The minimum Gasteiger partial charge on any atom is -0.288 e. The van der Waals surface area contributed by atoms with Gasteiger partial charge in [-0.2, -0.15) is 4.98 Å². The van der Waals surface area contributed by atoms with Gasteiger partial charge in [-0.1, -0.05) is 23.7 Å². The van der Waals surface area contributed by atoms with Crippen molar-refractivity contribution in [3.05, 3.63) is 74.1 Å². The van der Waals surface area contributed by atoms with Gasteiger partial charge in [0.15, 0.2) is 11.5 Å². The van der Waals surface area contributed by atoms with Crippen molar-refractivity contribution < 1.29 is 4.39 Å². The van der Waals surface area contributed by atoms with E-state index in [2.05, 4.69) is 9.97 Å². The molecule has 2 aliphatic heterocycles. The fourth-order valence-electron chi connectivity index (χ4n) is 2.70. The normalized spacial score (nSPS) is 11.3. The first kappa shape index (κ1) is 15.5. The molecule has 0 amide bonds. The third-order valence-corrected chi connectivity index (χ3v) is 4.16. The first-order chi connectivity index (χ1) is 12.0. The van der Waals surface area contributed by atoms with Gasteiger partial charge in [0.25, 0.3) is 5.56 Å². The number of hydrogen-bond acceptors (Lipinski definition) is 4. The Hall–Kier alpha value is -3.06. The van der Waals surface area contributed by atoms with Crippen LogP contribution in [0.25, 0.3) is 28.2 Å². The van der Waals surface area contributed by atoms with Gasteiger partial charge in [0, 0.05) is 12.1 Å². The number of nitrogens with zero attached hydrogens (tertiary/aromatic N) is 4. The maximum absolute atomic E-state index is 14.6. The summed E-state index contributed by atoms with van der Waals surface area (Å²) in [6.07, 6.45) is 0. The lowest BCUT2D eigenvalue weighted by Crippen LogP contribution is -2.36. The summed E-state index contributed by atoms with van der Waals surface area (Å²) in [6.45, 7) is 0. The Labute approximate surface area is 145 Å². The van der Waals surface area contributed by atoms with Crippen molar-refractivity contribution in [2.24, 2.45) is 7.05 Å². The molecule has 2 aliphatic rings. The fourth-order valence-corrected chi connectivity index (χ4v) is 2.86. The van der Waals surface area contributed by atoms with Crippen LogP contribution in [0.4, 0.5) is 4.39 Å². The molecule has 0 unspecified atom stereocenters. The van der Waals surface area contributed by atoms with Crippen molar-refractivity contribution in [2.45, 2.75) is 0 Å². The minimum atomic E-state index is -0.738. The van der Waals surface area contributed by atoms with E-state index in [1.54, 1.807) is 24.3 Å². The zero-order valence-electron chi connectivity index (χ0n) is 12.9. The SMILES string of the molecule is Cn1c(=O)nc2n(-c3ccc(Cl)cc3F)c3ccccc3nc-2c1=O. The van der Waals surface area contributed by atoms with Gasteiger partial charge < -0.3 is 0 Å². The van der Waals surface area contributed by atoms with E-state index in [0.717, 1.165) is 10.6 Å². The van der Waals surface area contributed by atoms with Gasteiger partial charge in [0.05, 0.1) is 16.7 Å². The molecule has 4 rings (SSSR count). The van der Waals surface area contributed by atoms with Crippen LogP contribution in [-0.4, -0.2) is 19.1 Å². The number of benzene rings is 2. The molecule has 2 aromatic carbocycles. The summed E-state index contributed by atoms with van der Waals surface area (Å²) in [5.74, 6) is -0.613. The van der Waals surface area contributed by atoms with Gasteiger partial charge in [-0.3, -0.25) is 13.9 Å². The van der Waals surface area contributed by atoms with Crippen LogP contribution < -0.4 is 11.2 Å². The van der Waals surface area contributed by atoms with Crippen LogP contribution in [0.5, 0.6) is 0 Å². The molecule has 2 heterocycles. The molecule has 0 spiro atoms. The van der Waals surface area contributed by atoms with Crippen molar-refractivity contribution in [1.82, 2.24) is 19.1 Å². The second kappa shape index (κ2) is 5.49. The Balaban J connectivity index is 2.27. The first-order valence-electron chi connectivity index (χ1n) is 7.31. The van der Waals surface area contributed by atoms with Crippen LogP contribution in [0.15, 0.2) is 52.1 Å². The summed E-state index contributed by atoms with van der Waals surface area (Å²) in [6, 6.07) is 11.1. The van der Waals surface area contributed by atoms with Gasteiger partial charge in [0.2, 0.25) is 0 Å². The molecule has 2 aromatic rings. The van der Waals surface area contributed by atoms with Crippen molar-refractivity contribution in [2.75, 3.05) is 0 Å². The summed E-state index contributed by atoms with van der Waals surface area (Å²) < 4.78 is 16.8. The minimum absolute atomic E-state index is 0.00646. The Morgan fingerprint density at radius 1 is 1.08 bits per heavy atom. The van der Waals surface area contributed by atoms with E-state index in [-0.39, 0.29) is 22.2 Å². The topological polar surface area (TPSA) is 69.8 Å². The van der Waals surface area contributed by atoms with Crippen LogP contribution in [0.3, 0.4) is 0 Å². The number of fused-ring (bicyclic) bond motifs is 2. The Morgan fingerprint density at radius 3 is 2.60 bits per heavy atom. The molecular formula is C17H10ClFN4O2. The van der Waals surface area contributed by atoms with Crippen LogP contribution in [0.1, 0.15) is 0 Å². The molecule has 0 radical (unpaired) electrons. The van der Waals surface area contributed by atoms with E-state index in [1.807, 2.05) is 0 Å². The van der Waals surface area contributed by atoms with E-state index in [1.165, 1.54) is 23.7 Å². The Morgan fingerprint density at radius 2 is 1.84 bits per heavy atom. The molecule has 0 saturated carbocycles. The lowest BCUT2D eigenvalue weighted by Gasteiger charge is -2.17. The molecule has 124 valence electrons. The van der Waals surface area contributed by atoms with Crippen LogP contribution >= 0.6 is 11.6 Å². The van der Waals surface area contributed by atoms with Gasteiger partial charge in [-0.25, -0.2) is 14.2 Å². The highest BCUT2D eigenvalue weighted by Crippen LogP contribution is 2.27. The number of aromatic nitrogens is 4. The number of hydrogen-bond donors (Lipinski definition) is 0. The van der Waals surface area contributed by atoms with Crippen molar-refractivity contribution in [3.63, 3.8) is 0 Å². The summed E-state index contributed by atoms with van der Waals surface area (Å²) >= 11 is 5.83. The average molecular weight is 357 g/mol. The van der Waals surface area contributed by atoms with Gasteiger partial charge in [0.1, 0.15) is 5.82 Å². The Bertz CT molecular complexity index is 1230. The number of halogens is 2. The summed E-state index contributed by atoms with van der Waals surface area (Å²) in [5.41, 5.74) is -0.247. The molecule has 0 N–H and O–H groups in total. The third kappa shape index (κ3) is 2.32. The standard InChI is InChI=1S/C17H10ClFN4O2/c1-22-16(24)14-15(21-17(22)25)23(12-7-6-9(18)8-10(12)19)13-5-3-2-4-11(13)20-14/h2-8H,1H3. The predicted octanol–water partition coefficient (Wildman–Crippen LogP) is 2.38. The molecule has 0 aliphatic carbocycles. The van der Waals surface area contributed by atoms with E-state index < -0.39 is 17.1 Å². The molecule has 8 heteroatoms. The molecule has 25 heavy (non-hydrogen) atoms. The largest absolute Gasteiger partial charge is 0.352 e. The van der Waals surface area contributed by atoms with Gasteiger partial charge in [-0.15, -0.1) is 0 Å². The molecule has 0 saturated heterocycles. The monoisotopic (exact) mass is 356 g/mol. The highest BCUT2D eigenvalue weighted by Gasteiger charge is 2.22. The van der Waals surface area contributed by atoms with Crippen molar-refractivity contribution >= 4 is 22.6 Å². The molecule has 0 atom stereocenters. The van der Waals surface area contributed by atoms with Crippen molar-refractivity contribution in [3.8, 4) is 17.2 Å². The van der Waals surface area contributed by atoms with Gasteiger partial charge in [-0.05, 0) is 30.3 Å². The van der Waals surface area contributed by atoms with Crippen LogP contribution in [-0.2, 0) is 7.05 Å². The lowest BCUT2D eigenvalue weighted by atomic mass is 10.2. The smallest absolute Gasteiger partial charge is 0.288 e. The summed E-state index contributed by atoms with van der Waals surface area (Å²) in [7, 11) is 1.32. The second-order valence-electron chi connectivity index (χ2n) is 5.46. The Kier molecular flexibility index (Phi) is 3.40. The summed E-state index contributed by atoms with van der Waals surface area (Å²) in [5, 5.41) is 0.234. The maximum Gasteiger partial charge on any atom is 0.352 e. The number of rotatable bonds is 1.